The normalized spacial score (nSPS) is 11.2. The van der Waals surface area contributed by atoms with Gasteiger partial charge in [0.2, 0.25) is 15.9 Å². The maximum atomic E-state index is 12.7. The minimum Gasteiger partial charge on any atom is -0.366 e. The summed E-state index contributed by atoms with van der Waals surface area (Å²) in [6.07, 6.45) is 2.65. The first-order chi connectivity index (χ1) is 11.1. The molecule has 0 aliphatic rings. The molecule has 0 radical (unpaired) electrons. The number of primary amides is 1. The molecule has 0 aromatic heterocycles. The molecule has 8 heteroatoms. The summed E-state index contributed by atoms with van der Waals surface area (Å²) in [5, 5.41) is 0. The zero-order valence-corrected chi connectivity index (χ0v) is 15.4. The number of hydrogen-bond donors (Lipinski definition) is 1. The lowest BCUT2D eigenvalue weighted by Crippen LogP contribution is -2.33. The van der Waals surface area contributed by atoms with Crippen LogP contribution in [0.5, 0.6) is 0 Å². The van der Waals surface area contributed by atoms with Crippen LogP contribution in [-0.4, -0.2) is 51.5 Å². The highest BCUT2D eigenvalue weighted by Crippen LogP contribution is 2.21. The molecule has 0 aliphatic carbocycles. The Morgan fingerprint density at radius 3 is 1.96 bits per heavy atom. The Hall–Kier alpha value is -2.09. The van der Waals surface area contributed by atoms with Gasteiger partial charge in [-0.3, -0.25) is 13.9 Å². The zero-order chi connectivity index (χ0) is 18.5. The van der Waals surface area contributed by atoms with E-state index in [9.17, 15) is 18.0 Å². The number of anilines is 1. The van der Waals surface area contributed by atoms with E-state index >= 15 is 0 Å². The average molecular weight is 355 g/mol. The summed E-state index contributed by atoms with van der Waals surface area (Å²) >= 11 is 0. The molecule has 0 spiro atoms. The van der Waals surface area contributed by atoms with Crippen LogP contribution < -0.4 is 10.0 Å². The highest BCUT2D eigenvalue weighted by Gasteiger charge is 2.20. The maximum Gasteiger partial charge on any atom is 0.253 e. The van der Waals surface area contributed by atoms with Crippen molar-refractivity contribution in [2.75, 3.05) is 30.7 Å². The van der Waals surface area contributed by atoms with Gasteiger partial charge >= 0.3 is 0 Å². The van der Waals surface area contributed by atoms with Gasteiger partial charge in [0.1, 0.15) is 0 Å². The maximum absolute atomic E-state index is 12.7. The smallest absolute Gasteiger partial charge is 0.253 e. The summed E-state index contributed by atoms with van der Waals surface area (Å²) in [4.78, 5) is 26.0. The van der Waals surface area contributed by atoms with E-state index in [0.717, 1.165) is 23.4 Å². The number of amides is 2. The Bertz CT molecular complexity index is 710. The fourth-order valence-electron chi connectivity index (χ4n) is 2.29. The third kappa shape index (κ3) is 4.95. The van der Waals surface area contributed by atoms with Gasteiger partial charge in [0.15, 0.2) is 0 Å². The molecule has 0 heterocycles. The van der Waals surface area contributed by atoms with Crippen molar-refractivity contribution in [1.82, 2.24) is 4.90 Å². The molecule has 1 aromatic carbocycles. The molecular formula is C16H25N3O4S. The lowest BCUT2D eigenvalue weighted by molar-refractivity contribution is 0.0755. The molecular weight excluding hydrogens is 330 g/mol. The van der Waals surface area contributed by atoms with Crippen LogP contribution in [0, 0.1) is 0 Å². The zero-order valence-electron chi connectivity index (χ0n) is 14.6. The van der Waals surface area contributed by atoms with Crippen molar-refractivity contribution in [1.29, 1.82) is 0 Å². The molecule has 24 heavy (non-hydrogen) atoms. The number of nitrogens with two attached hydrogens (primary N) is 1. The topological polar surface area (TPSA) is 101 Å². The number of carbonyl (C=O) groups excluding carboxylic acids is 2. The van der Waals surface area contributed by atoms with E-state index < -0.39 is 15.9 Å². The third-order valence-corrected chi connectivity index (χ3v) is 4.79. The molecule has 1 aromatic rings. The van der Waals surface area contributed by atoms with Crippen molar-refractivity contribution in [3.63, 3.8) is 0 Å². The first kappa shape index (κ1) is 20.0. The van der Waals surface area contributed by atoms with Gasteiger partial charge in [-0.2, -0.15) is 0 Å². The predicted molar refractivity (Wildman–Crippen MR) is 94.7 cm³/mol. The van der Waals surface area contributed by atoms with Crippen molar-refractivity contribution >= 4 is 27.5 Å². The number of sulfonamides is 1. The van der Waals surface area contributed by atoms with Gasteiger partial charge in [0.05, 0.1) is 11.9 Å². The van der Waals surface area contributed by atoms with Crippen molar-refractivity contribution < 1.29 is 18.0 Å². The quantitative estimate of drug-likeness (QED) is 0.762. The van der Waals surface area contributed by atoms with Crippen LogP contribution in [0.25, 0.3) is 0 Å². The monoisotopic (exact) mass is 355 g/mol. The summed E-state index contributed by atoms with van der Waals surface area (Å²) in [6.45, 7) is 5.12. The summed E-state index contributed by atoms with van der Waals surface area (Å²) < 4.78 is 24.5. The second-order valence-electron chi connectivity index (χ2n) is 5.66. The molecule has 134 valence electrons. The van der Waals surface area contributed by atoms with E-state index in [2.05, 4.69) is 0 Å². The van der Waals surface area contributed by atoms with Crippen molar-refractivity contribution in [3.05, 3.63) is 29.3 Å². The third-order valence-electron chi connectivity index (χ3n) is 3.58. The number of rotatable bonds is 8. The van der Waals surface area contributed by atoms with E-state index in [1.807, 2.05) is 13.8 Å². The number of carbonyl (C=O) groups is 2. The SMILES string of the molecule is CCCN(CCC)C(=O)c1cc(C(N)=O)cc(N(C)S(C)(=O)=O)c1. The van der Waals surface area contributed by atoms with Crippen LogP contribution in [-0.2, 0) is 10.0 Å². The van der Waals surface area contributed by atoms with Gasteiger partial charge in [-0.25, -0.2) is 8.42 Å². The Labute approximate surface area is 143 Å². The molecule has 7 nitrogen and oxygen atoms in total. The predicted octanol–water partition coefficient (Wildman–Crippen LogP) is 1.44. The molecule has 0 saturated carbocycles. The van der Waals surface area contributed by atoms with Crippen molar-refractivity contribution in [2.45, 2.75) is 26.7 Å². The number of nitrogens with zero attached hydrogens (tertiary/aromatic N) is 2. The fourth-order valence-corrected chi connectivity index (χ4v) is 2.78. The fraction of sp³-hybridized carbons (Fsp3) is 0.500. The molecule has 0 atom stereocenters. The van der Waals surface area contributed by atoms with E-state index in [0.29, 0.717) is 13.1 Å². The van der Waals surface area contributed by atoms with Gasteiger partial charge in [0.25, 0.3) is 5.91 Å². The van der Waals surface area contributed by atoms with Gasteiger partial charge in [-0.15, -0.1) is 0 Å². The highest BCUT2D eigenvalue weighted by molar-refractivity contribution is 7.92. The second kappa shape index (κ2) is 8.14. The van der Waals surface area contributed by atoms with Crippen LogP contribution in [0.15, 0.2) is 18.2 Å². The molecule has 0 saturated heterocycles. The van der Waals surface area contributed by atoms with Gasteiger partial charge in [0, 0.05) is 31.3 Å². The Balaban J connectivity index is 3.39. The van der Waals surface area contributed by atoms with Gasteiger partial charge < -0.3 is 10.6 Å². The standard InChI is InChI=1S/C16H25N3O4S/c1-5-7-19(8-6-2)16(21)13-9-12(15(17)20)10-14(11-13)18(3)24(4,22)23/h9-11H,5-8H2,1-4H3,(H2,17,20). The molecule has 0 aliphatic heterocycles. The van der Waals surface area contributed by atoms with Crippen LogP contribution in [0.1, 0.15) is 47.4 Å². The summed E-state index contributed by atoms with van der Waals surface area (Å²) in [6, 6.07) is 4.24. The molecule has 1 rings (SSSR count). The number of hydrogen-bond acceptors (Lipinski definition) is 4. The van der Waals surface area contributed by atoms with Crippen LogP contribution in [0.3, 0.4) is 0 Å². The number of benzene rings is 1. The van der Waals surface area contributed by atoms with Crippen LogP contribution >= 0.6 is 0 Å². The van der Waals surface area contributed by atoms with Gasteiger partial charge in [-0.1, -0.05) is 13.8 Å². The van der Waals surface area contributed by atoms with Crippen LogP contribution in [0.2, 0.25) is 0 Å². The van der Waals surface area contributed by atoms with E-state index in [1.54, 1.807) is 4.90 Å². The first-order valence-corrected chi connectivity index (χ1v) is 9.64. The first-order valence-electron chi connectivity index (χ1n) is 7.79. The van der Waals surface area contributed by atoms with E-state index in [1.165, 1.54) is 25.2 Å². The summed E-state index contributed by atoms with van der Waals surface area (Å²) in [5.74, 6) is -0.963. The average Bonchev–Trinajstić information content (AvgIpc) is 2.51. The Morgan fingerprint density at radius 2 is 1.54 bits per heavy atom. The molecule has 0 fully saturated rings. The summed E-state index contributed by atoms with van der Waals surface area (Å²) in [5.41, 5.74) is 5.89. The lowest BCUT2D eigenvalue weighted by atomic mass is 10.1. The van der Waals surface area contributed by atoms with E-state index in [4.69, 9.17) is 5.73 Å². The summed E-state index contributed by atoms with van der Waals surface area (Å²) in [7, 11) is -2.16. The molecule has 0 unspecified atom stereocenters. The highest BCUT2D eigenvalue weighted by atomic mass is 32.2. The Kier molecular flexibility index (Phi) is 6.77. The van der Waals surface area contributed by atoms with Crippen molar-refractivity contribution in [2.24, 2.45) is 5.73 Å². The lowest BCUT2D eigenvalue weighted by Gasteiger charge is -2.23. The second-order valence-corrected chi connectivity index (χ2v) is 7.67. The molecule has 2 N–H and O–H groups in total. The molecule has 0 bridgehead atoms. The van der Waals surface area contributed by atoms with Gasteiger partial charge in [-0.05, 0) is 31.0 Å². The largest absolute Gasteiger partial charge is 0.366 e. The van der Waals surface area contributed by atoms with Crippen molar-refractivity contribution in [3.8, 4) is 0 Å². The van der Waals surface area contributed by atoms with E-state index in [-0.39, 0.29) is 22.7 Å². The minimum absolute atomic E-state index is 0.0966. The molecule has 2 amide bonds. The minimum atomic E-state index is -3.53. The Morgan fingerprint density at radius 1 is 1.04 bits per heavy atom. The van der Waals surface area contributed by atoms with Crippen LogP contribution in [0.4, 0.5) is 5.69 Å².